The highest BCUT2D eigenvalue weighted by Gasteiger charge is 2.26. The Balaban J connectivity index is 1.85. The number of rotatable bonds is 6. The van der Waals surface area contributed by atoms with E-state index in [1.165, 1.54) is 19.3 Å². The third-order valence-electron chi connectivity index (χ3n) is 4.78. The van der Waals surface area contributed by atoms with Crippen molar-refractivity contribution in [3.63, 3.8) is 0 Å². The van der Waals surface area contributed by atoms with Crippen molar-refractivity contribution in [2.75, 3.05) is 12.3 Å². The summed E-state index contributed by atoms with van der Waals surface area (Å²) in [4.78, 5) is 23.5. The smallest absolute Gasteiger partial charge is 0.272 e. The monoisotopic (exact) mass is 338 g/mol. The molecule has 0 spiro atoms. The fourth-order valence-electron chi connectivity index (χ4n) is 3.06. The highest BCUT2D eigenvalue weighted by Crippen LogP contribution is 2.28. The molecule has 1 saturated carbocycles. The van der Waals surface area contributed by atoms with Gasteiger partial charge in [0.2, 0.25) is 5.95 Å². The molecule has 0 saturated heterocycles. The Kier molecular flexibility index (Phi) is 5.31. The Labute approximate surface area is 149 Å². The van der Waals surface area contributed by atoms with Crippen molar-refractivity contribution in [1.82, 2.24) is 14.9 Å². The second-order valence-electron chi connectivity index (χ2n) is 7.16. The number of nitrogens with zero attached hydrogens (tertiary/aromatic N) is 3. The van der Waals surface area contributed by atoms with Gasteiger partial charge in [-0.05, 0) is 36.3 Å². The average Bonchev–Trinajstić information content (AvgIpc) is 2.56. The summed E-state index contributed by atoms with van der Waals surface area (Å²) in [6, 6.07) is 11.9. The number of carbonyl (C=O) groups excluding carboxylic acids is 1. The lowest BCUT2D eigenvalue weighted by Gasteiger charge is -2.32. The van der Waals surface area contributed by atoms with E-state index >= 15 is 0 Å². The standard InChI is InChI=1S/C20H26N4O/c1-14(2)17-11-18(23-20(21)22-17)19(25)24(13-16-9-6-10-16)12-15-7-4-3-5-8-15/h3-5,7-8,11,14,16H,6,9-10,12-13H2,1-2H3,(H2,21,22,23). The highest BCUT2D eigenvalue weighted by atomic mass is 16.2. The fraction of sp³-hybridized carbons (Fsp3) is 0.450. The summed E-state index contributed by atoms with van der Waals surface area (Å²) in [6.45, 7) is 5.43. The summed E-state index contributed by atoms with van der Waals surface area (Å²) in [7, 11) is 0. The molecule has 1 fully saturated rings. The predicted octanol–water partition coefficient (Wildman–Crippen LogP) is 3.62. The molecule has 1 aliphatic carbocycles. The molecule has 5 heteroatoms. The summed E-state index contributed by atoms with van der Waals surface area (Å²) < 4.78 is 0. The van der Waals surface area contributed by atoms with Crippen molar-refractivity contribution < 1.29 is 4.79 Å². The number of benzene rings is 1. The highest BCUT2D eigenvalue weighted by molar-refractivity contribution is 5.92. The Bertz CT molecular complexity index is 726. The molecule has 2 aromatic rings. The SMILES string of the molecule is CC(C)c1cc(C(=O)N(Cc2ccccc2)CC2CCC2)nc(N)n1. The van der Waals surface area contributed by atoms with Gasteiger partial charge in [0.1, 0.15) is 5.69 Å². The third-order valence-corrected chi connectivity index (χ3v) is 4.78. The summed E-state index contributed by atoms with van der Waals surface area (Å²) >= 11 is 0. The van der Waals surface area contributed by atoms with E-state index in [1.54, 1.807) is 6.07 Å². The van der Waals surface area contributed by atoms with E-state index in [9.17, 15) is 4.79 Å². The zero-order valence-electron chi connectivity index (χ0n) is 15.0. The molecule has 132 valence electrons. The van der Waals surface area contributed by atoms with Crippen LogP contribution in [0.25, 0.3) is 0 Å². The molecule has 2 N–H and O–H groups in total. The number of amides is 1. The Morgan fingerprint density at radius 2 is 1.96 bits per heavy atom. The van der Waals surface area contributed by atoms with Gasteiger partial charge in [-0.25, -0.2) is 9.97 Å². The second kappa shape index (κ2) is 7.64. The van der Waals surface area contributed by atoms with E-state index in [0.29, 0.717) is 18.2 Å². The Morgan fingerprint density at radius 3 is 2.56 bits per heavy atom. The molecule has 1 aromatic carbocycles. The van der Waals surface area contributed by atoms with E-state index in [0.717, 1.165) is 17.8 Å². The van der Waals surface area contributed by atoms with Gasteiger partial charge in [0, 0.05) is 18.8 Å². The molecule has 1 amide bonds. The fourth-order valence-corrected chi connectivity index (χ4v) is 3.06. The van der Waals surface area contributed by atoms with Crippen LogP contribution in [0, 0.1) is 5.92 Å². The maximum absolute atomic E-state index is 13.1. The molecule has 0 radical (unpaired) electrons. The second-order valence-corrected chi connectivity index (χ2v) is 7.16. The minimum absolute atomic E-state index is 0.0632. The van der Waals surface area contributed by atoms with Crippen molar-refractivity contribution in [3.05, 3.63) is 53.3 Å². The van der Waals surface area contributed by atoms with E-state index < -0.39 is 0 Å². The van der Waals surface area contributed by atoms with Gasteiger partial charge in [-0.1, -0.05) is 50.6 Å². The summed E-state index contributed by atoms with van der Waals surface area (Å²) in [6.07, 6.45) is 3.65. The quantitative estimate of drug-likeness (QED) is 0.873. The maximum atomic E-state index is 13.1. The predicted molar refractivity (Wildman–Crippen MR) is 99.1 cm³/mol. The number of aromatic nitrogens is 2. The van der Waals surface area contributed by atoms with Crippen LogP contribution in [0.1, 0.15) is 60.8 Å². The lowest BCUT2D eigenvalue weighted by molar-refractivity contribution is 0.0673. The lowest BCUT2D eigenvalue weighted by Crippen LogP contribution is -2.37. The molecule has 25 heavy (non-hydrogen) atoms. The van der Waals surface area contributed by atoms with Crippen molar-refractivity contribution >= 4 is 11.9 Å². The van der Waals surface area contributed by atoms with Crippen molar-refractivity contribution in [3.8, 4) is 0 Å². The van der Waals surface area contributed by atoms with Crippen molar-refractivity contribution in [1.29, 1.82) is 0 Å². The molecular weight excluding hydrogens is 312 g/mol. The Hall–Kier alpha value is -2.43. The molecule has 5 nitrogen and oxygen atoms in total. The van der Waals surface area contributed by atoms with Crippen LogP contribution >= 0.6 is 0 Å². The van der Waals surface area contributed by atoms with Crippen LogP contribution in [0.5, 0.6) is 0 Å². The molecule has 1 heterocycles. The first kappa shape index (κ1) is 17.4. The number of carbonyl (C=O) groups is 1. The number of nitrogen functional groups attached to an aromatic ring is 1. The molecule has 0 bridgehead atoms. The lowest BCUT2D eigenvalue weighted by atomic mass is 9.85. The molecule has 0 unspecified atom stereocenters. The van der Waals surface area contributed by atoms with Crippen LogP contribution in [-0.4, -0.2) is 27.3 Å². The zero-order chi connectivity index (χ0) is 17.8. The maximum Gasteiger partial charge on any atom is 0.272 e. The largest absolute Gasteiger partial charge is 0.368 e. The minimum Gasteiger partial charge on any atom is -0.368 e. The molecule has 0 atom stereocenters. The number of hydrogen-bond donors (Lipinski definition) is 1. The molecular formula is C20H26N4O. The average molecular weight is 338 g/mol. The van der Waals surface area contributed by atoms with Gasteiger partial charge in [-0.15, -0.1) is 0 Å². The molecule has 1 aromatic heterocycles. The first-order valence-electron chi connectivity index (χ1n) is 9.00. The summed E-state index contributed by atoms with van der Waals surface area (Å²) in [5.74, 6) is 0.895. The van der Waals surface area contributed by atoms with Crippen LogP contribution in [0.2, 0.25) is 0 Å². The normalized spacial score (nSPS) is 14.4. The molecule has 3 rings (SSSR count). The van der Waals surface area contributed by atoms with E-state index in [4.69, 9.17) is 5.73 Å². The van der Waals surface area contributed by atoms with E-state index in [1.807, 2.05) is 36.9 Å². The third kappa shape index (κ3) is 4.35. The summed E-state index contributed by atoms with van der Waals surface area (Å²) in [5, 5.41) is 0. The molecule has 1 aliphatic rings. The zero-order valence-corrected chi connectivity index (χ0v) is 15.0. The van der Waals surface area contributed by atoms with Gasteiger partial charge in [0.25, 0.3) is 5.91 Å². The van der Waals surface area contributed by atoms with E-state index in [2.05, 4.69) is 22.1 Å². The number of anilines is 1. The van der Waals surface area contributed by atoms with Crippen LogP contribution in [0.15, 0.2) is 36.4 Å². The van der Waals surface area contributed by atoms with Crippen molar-refractivity contribution in [2.45, 2.75) is 45.6 Å². The molecule has 0 aliphatic heterocycles. The van der Waals surface area contributed by atoms with Gasteiger partial charge in [0.15, 0.2) is 0 Å². The van der Waals surface area contributed by atoms with Crippen LogP contribution in [0.4, 0.5) is 5.95 Å². The van der Waals surface area contributed by atoms with Gasteiger partial charge in [-0.2, -0.15) is 0 Å². The number of nitrogens with two attached hydrogens (primary N) is 1. The number of hydrogen-bond acceptors (Lipinski definition) is 4. The van der Waals surface area contributed by atoms with Crippen molar-refractivity contribution in [2.24, 2.45) is 5.92 Å². The van der Waals surface area contributed by atoms with Gasteiger partial charge in [-0.3, -0.25) is 4.79 Å². The summed E-state index contributed by atoms with van der Waals surface area (Å²) in [5.41, 5.74) is 8.16. The van der Waals surface area contributed by atoms with Gasteiger partial charge in [0.05, 0.1) is 0 Å². The van der Waals surface area contributed by atoms with Crippen LogP contribution < -0.4 is 5.73 Å². The van der Waals surface area contributed by atoms with Crippen LogP contribution in [0.3, 0.4) is 0 Å². The van der Waals surface area contributed by atoms with Gasteiger partial charge < -0.3 is 10.6 Å². The van der Waals surface area contributed by atoms with Gasteiger partial charge >= 0.3 is 0 Å². The topological polar surface area (TPSA) is 72.1 Å². The Morgan fingerprint density at radius 1 is 1.24 bits per heavy atom. The first-order valence-corrected chi connectivity index (χ1v) is 9.00. The van der Waals surface area contributed by atoms with E-state index in [-0.39, 0.29) is 17.8 Å². The first-order chi connectivity index (χ1) is 12.0. The minimum atomic E-state index is -0.0632. The van der Waals surface area contributed by atoms with Crippen LogP contribution in [-0.2, 0) is 6.54 Å².